The Morgan fingerprint density at radius 3 is 2.64 bits per heavy atom. The number of hydrogen-bond donors (Lipinski definition) is 2. The number of amides is 2. The van der Waals surface area contributed by atoms with E-state index in [4.69, 9.17) is 17.3 Å². The van der Waals surface area contributed by atoms with Crippen molar-refractivity contribution in [2.45, 2.75) is 0 Å². The molecule has 0 heterocycles. The van der Waals surface area contributed by atoms with Crippen LogP contribution in [-0.2, 0) is 0 Å². The lowest BCUT2D eigenvalue weighted by Gasteiger charge is -2.12. The number of nitrogens with two attached hydrogens (primary N) is 1. The summed E-state index contributed by atoms with van der Waals surface area (Å²) in [5.74, 6) is 0. The molecule has 3 N–H and O–H groups in total. The van der Waals surface area contributed by atoms with Gasteiger partial charge in [0, 0.05) is 19.8 Å². The van der Waals surface area contributed by atoms with Gasteiger partial charge in [0.25, 0.3) is 0 Å². The van der Waals surface area contributed by atoms with Gasteiger partial charge in [0.2, 0.25) is 0 Å². The molecule has 1 rings (SSSR count). The van der Waals surface area contributed by atoms with Crippen molar-refractivity contribution in [1.82, 2.24) is 4.90 Å². The molecule has 2 amide bonds. The number of anilines is 2. The van der Waals surface area contributed by atoms with Gasteiger partial charge in [-0.1, -0.05) is 11.6 Å². The second kappa shape index (κ2) is 4.19. The van der Waals surface area contributed by atoms with E-state index in [2.05, 4.69) is 5.32 Å². The Morgan fingerprint density at radius 1 is 1.50 bits per heavy atom. The van der Waals surface area contributed by atoms with E-state index in [1.54, 1.807) is 32.3 Å². The molecule has 4 nitrogen and oxygen atoms in total. The van der Waals surface area contributed by atoms with Gasteiger partial charge in [-0.2, -0.15) is 0 Å². The smallest absolute Gasteiger partial charge is 0.321 e. The summed E-state index contributed by atoms with van der Waals surface area (Å²) in [6.45, 7) is 0. The number of urea groups is 1. The van der Waals surface area contributed by atoms with E-state index in [1.807, 2.05) is 0 Å². The average Bonchev–Trinajstić information content (AvgIpc) is 2.11. The first-order valence-corrected chi connectivity index (χ1v) is 4.42. The average molecular weight is 214 g/mol. The van der Waals surface area contributed by atoms with E-state index in [0.29, 0.717) is 16.4 Å². The van der Waals surface area contributed by atoms with Gasteiger partial charge < -0.3 is 16.0 Å². The fourth-order valence-corrected chi connectivity index (χ4v) is 0.974. The first kappa shape index (κ1) is 10.7. The lowest BCUT2D eigenvalue weighted by molar-refractivity contribution is 0.230. The Labute approximate surface area is 87.6 Å². The molecule has 14 heavy (non-hydrogen) atoms. The number of nitrogen functional groups attached to an aromatic ring is 1. The van der Waals surface area contributed by atoms with Crippen LogP contribution >= 0.6 is 11.6 Å². The molecule has 0 aliphatic heterocycles. The van der Waals surface area contributed by atoms with E-state index in [-0.39, 0.29) is 6.03 Å². The first-order chi connectivity index (χ1) is 6.50. The summed E-state index contributed by atoms with van der Waals surface area (Å²) < 4.78 is 0. The molecule has 0 radical (unpaired) electrons. The van der Waals surface area contributed by atoms with Crippen LogP contribution in [0.1, 0.15) is 0 Å². The van der Waals surface area contributed by atoms with Crippen molar-refractivity contribution in [3.8, 4) is 0 Å². The fourth-order valence-electron chi connectivity index (χ4n) is 0.857. The van der Waals surface area contributed by atoms with Crippen LogP contribution in [0.2, 0.25) is 5.02 Å². The van der Waals surface area contributed by atoms with E-state index in [1.165, 1.54) is 4.90 Å². The van der Waals surface area contributed by atoms with Crippen LogP contribution in [0, 0.1) is 0 Å². The minimum absolute atomic E-state index is 0.202. The number of halogens is 1. The molecule has 0 aliphatic rings. The van der Waals surface area contributed by atoms with Crippen LogP contribution in [0.4, 0.5) is 16.2 Å². The Kier molecular flexibility index (Phi) is 3.19. The lowest BCUT2D eigenvalue weighted by Crippen LogP contribution is -2.27. The molecule has 5 heteroatoms. The first-order valence-electron chi connectivity index (χ1n) is 4.04. The van der Waals surface area contributed by atoms with Gasteiger partial charge in [0.05, 0.1) is 10.7 Å². The number of hydrogen-bond acceptors (Lipinski definition) is 2. The molecule has 0 spiro atoms. The zero-order valence-electron chi connectivity index (χ0n) is 8.04. The van der Waals surface area contributed by atoms with Crippen LogP contribution < -0.4 is 11.1 Å². The highest BCUT2D eigenvalue weighted by molar-refractivity contribution is 6.33. The number of carbonyl (C=O) groups excluding carboxylic acids is 1. The molecule has 0 saturated carbocycles. The molecular weight excluding hydrogens is 202 g/mol. The maximum Gasteiger partial charge on any atom is 0.321 e. The van der Waals surface area contributed by atoms with Gasteiger partial charge in [-0.15, -0.1) is 0 Å². The van der Waals surface area contributed by atoms with Gasteiger partial charge >= 0.3 is 6.03 Å². The molecule has 0 aliphatic carbocycles. The second-order valence-corrected chi connectivity index (χ2v) is 3.47. The maximum atomic E-state index is 11.2. The highest BCUT2D eigenvalue weighted by Gasteiger charge is 2.04. The zero-order valence-corrected chi connectivity index (χ0v) is 8.80. The number of nitrogens with one attached hydrogen (secondary N) is 1. The normalized spacial score (nSPS) is 9.64. The molecular formula is C9H12ClN3O. The summed E-state index contributed by atoms with van der Waals surface area (Å²) in [4.78, 5) is 12.7. The summed E-state index contributed by atoms with van der Waals surface area (Å²) in [7, 11) is 3.32. The highest BCUT2D eigenvalue weighted by atomic mass is 35.5. The SMILES string of the molecule is CN(C)C(=O)Nc1ccc(Cl)c(N)c1. The highest BCUT2D eigenvalue weighted by Crippen LogP contribution is 2.22. The van der Waals surface area contributed by atoms with Gasteiger partial charge in [0.1, 0.15) is 0 Å². The predicted octanol–water partition coefficient (Wildman–Crippen LogP) is 2.02. The third kappa shape index (κ3) is 2.53. The van der Waals surface area contributed by atoms with Gasteiger partial charge in [-0.3, -0.25) is 0 Å². The van der Waals surface area contributed by atoms with Crippen LogP contribution in [0.15, 0.2) is 18.2 Å². The minimum Gasteiger partial charge on any atom is -0.397 e. The predicted molar refractivity (Wildman–Crippen MR) is 58.6 cm³/mol. The summed E-state index contributed by atoms with van der Waals surface area (Å²) >= 11 is 5.73. The molecule has 0 aromatic heterocycles. The van der Waals surface area contributed by atoms with Crippen molar-refractivity contribution in [2.75, 3.05) is 25.1 Å². The third-order valence-electron chi connectivity index (χ3n) is 1.65. The zero-order chi connectivity index (χ0) is 10.7. The molecule has 0 saturated heterocycles. The minimum atomic E-state index is -0.202. The van der Waals surface area contributed by atoms with E-state index >= 15 is 0 Å². The Balaban J connectivity index is 2.78. The van der Waals surface area contributed by atoms with Crippen molar-refractivity contribution < 1.29 is 4.79 Å². The number of nitrogens with zero attached hydrogens (tertiary/aromatic N) is 1. The van der Waals surface area contributed by atoms with Crippen molar-refractivity contribution >= 4 is 29.0 Å². The Bertz CT molecular complexity index is 352. The van der Waals surface area contributed by atoms with Crippen LogP contribution in [0.5, 0.6) is 0 Å². The molecule has 0 fully saturated rings. The van der Waals surface area contributed by atoms with Crippen LogP contribution in [0.25, 0.3) is 0 Å². The molecule has 76 valence electrons. The number of carbonyl (C=O) groups is 1. The summed E-state index contributed by atoms with van der Waals surface area (Å²) in [6.07, 6.45) is 0. The Hall–Kier alpha value is -1.42. The summed E-state index contributed by atoms with van der Waals surface area (Å²) in [6, 6.07) is 4.75. The topological polar surface area (TPSA) is 58.4 Å². The van der Waals surface area contributed by atoms with Crippen molar-refractivity contribution in [2.24, 2.45) is 0 Å². The van der Waals surface area contributed by atoms with Crippen molar-refractivity contribution in [1.29, 1.82) is 0 Å². The number of benzene rings is 1. The Morgan fingerprint density at radius 2 is 2.14 bits per heavy atom. The van der Waals surface area contributed by atoms with Gasteiger partial charge in [-0.25, -0.2) is 4.79 Å². The molecule has 1 aromatic rings. The van der Waals surface area contributed by atoms with Crippen molar-refractivity contribution in [3.05, 3.63) is 23.2 Å². The van der Waals surface area contributed by atoms with E-state index in [9.17, 15) is 4.79 Å². The monoisotopic (exact) mass is 213 g/mol. The standard InChI is InChI=1S/C9H12ClN3O/c1-13(2)9(14)12-6-3-4-7(10)8(11)5-6/h3-5H,11H2,1-2H3,(H,12,14). The van der Waals surface area contributed by atoms with Crippen LogP contribution in [0.3, 0.4) is 0 Å². The molecule has 0 atom stereocenters. The summed E-state index contributed by atoms with van der Waals surface area (Å²) in [5, 5.41) is 3.14. The second-order valence-electron chi connectivity index (χ2n) is 3.06. The van der Waals surface area contributed by atoms with Gasteiger partial charge in [-0.05, 0) is 18.2 Å². The van der Waals surface area contributed by atoms with Crippen molar-refractivity contribution in [3.63, 3.8) is 0 Å². The lowest BCUT2D eigenvalue weighted by atomic mass is 10.3. The fraction of sp³-hybridized carbons (Fsp3) is 0.222. The third-order valence-corrected chi connectivity index (χ3v) is 2.00. The maximum absolute atomic E-state index is 11.2. The molecule has 1 aromatic carbocycles. The van der Waals surface area contributed by atoms with Gasteiger partial charge in [0.15, 0.2) is 0 Å². The largest absolute Gasteiger partial charge is 0.397 e. The summed E-state index contributed by atoms with van der Waals surface area (Å²) in [5.41, 5.74) is 6.65. The molecule has 0 bridgehead atoms. The van der Waals surface area contributed by atoms with Crippen LogP contribution in [-0.4, -0.2) is 25.0 Å². The quantitative estimate of drug-likeness (QED) is 0.702. The van der Waals surface area contributed by atoms with E-state index < -0.39 is 0 Å². The number of rotatable bonds is 1. The molecule has 0 unspecified atom stereocenters. The van der Waals surface area contributed by atoms with E-state index in [0.717, 1.165) is 0 Å².